The molecule has 1 aliphatic heterocycles. The van der Waals surface area contributed by atoms with Crippen molar-refractivity contribution in [1.82, 2.24) is 4.90 Å². The van der Waals surface area contributed by atoms with Gasteiger partial charge < -0.3 is 15.4 Å². The van der Waals surface area contributed by atoms with E-state index < -0.39 is 0 Å². The number of nitrogens with zero attached hydrogens (tertiary/aromatic N) is 1. The van der Waals surface area contributed by atoms with E-state index in [0.29, 0.717) is 5.92 Å². The Morgan fingerprint density at radius 1 is 1.53 bits per heavy atom. The van der Waals surface area contributed by atoms with Crippen LogP contribution in [0, 0.1) is 5.92 Å². The summed E-state index contributed by atoms with van der Waals surface area (Å²) < 4.78 is 5.39. The molecule has 0 aromatic heterocycles. The zero-order chi connectivity index (χ0) is 11.3. The Morgan fingerprint density at radius 3 is 2.60 bits per heavy atom. The molecular weight excluding hydrogens is 192 g/mol. The predicted octanol–water partition coefficient (Wildman–Crippen LogP) is 0.609. The maximum absolute atomic E-state index is 11.6. The number of hydrogen-bond donors (Lipinski definition) is 1. The molecule has 15 heavy (non-hydrogen) atoms. The van der Waals surface area contributed by atoms with Crippen molar-refractivity contribution in [2.45, 2.75) is 32.7 Å². The molecule has 2 N–H and O–H groups in total. The minimum absolute atomic E-state index is 0.0739. The van der Waals surface area contributed by atoms with Crippen molar-refractivity contribution in [2.24, 2.45) is 11.7 Å². The molecule has 1 rings (SSSR count). The topological polar surface area (TPSA) is 55.6 Å². The number of piperidine rings is 1. The molecule has 4 heteroatoms. The van der Waals surface area contributed by atoms with Gasteiger partial charge in [-0.15, -0.1) is 0 Å². The monoisotopic (exact) mass is 214 g/mol. The molecule has 0 radical (unpaired) electrons. The Hall–Kier alpha value is -0.610. The normalized spacial score (nSPS) is 20.3. The maximum Gasteiger partial charge on any atom is 0.239 e. The lowest BCUT2D eigenvalue weighted by Gasteiger charge is -2.32. The van der Waals surface area contributed by atoms with Gasteiger partial charge in [0.1, 0.15) is 0 Å². The Bertz CT molecular complexity index is 199. The summed E-state index contributed by atoms with van der Waals surface area (Å²) in [5.74, 6) is 0.687. The van der Waals surface area contributed by atoms with Crippen molar-refractivity contribution >= 4 is 5.91 Å². The number of rotatable bonds is 4. The first-order valence-electron chi connectivity index (χ1n) is 5.77. The van der Waals surface area contributed by atoms with Gasteiger partial charge in [0.25, 0.3) is 0 Å². The summed E-state index contributed by atoms with van der Waals surface area (Å²) >= 11 is 0. The number of nitrogens with two attached hydrogens (primary N) is 1. The van der Waals surface area contributed by atoms with E-state index in [1.807, 2.05) is 11.8 Å². The Labute approximate surface area is 91.8 Å². The van der Waals surface area contributed by atoms with Gasteiger partial charge >= 0.3 is 0 Å². The van der Waals surface area contributed by atoms with E-state index in [2.05, 4.69) is 0 Å². The van der Waals surface area contributed by atoms with Gasteiger partial charge in [-0.05, 0) is 32.6 Å². The lowest BCUT2D eigenvalue weighted by atomic mass is 9.97. The van der Waals surface area contributed by atoms with Gasteiger partial charge in [-0.1, -0.05) is 0 Å². The minimum Gasteiger partial charge on any atom is -0.381 e. The first-order chi connectivity index (χ1) is 7.15. The van der Waals surface area contributed by atoms with Crippen LogP contribution in [-0.2, 0) is 9.53 Å². The largest absolute Gasteiger partial charge is 0.381 e. The highest BCUT2D eigenvalue weighted by atomic mass is 16.5. The van der Waals surface area contributed by atoms with Crippen LogP contribution in [0.15, 0.2) is 0 Å². The zero-order valence-electron chi connectivity index (χ0n) is 9.74. The third-order valence-electron chi connectivity index (χ3n) is 2.87. The molecule has 1 saturated heterocycles. The molecule has 1 amide bonds. The Balaban J connectivity index is 2.26. The number of likely N-dealkylation sites (tertiary alicyclic amines) is 1. The number of carbonyl (C=O) groups is 1. The number of ether oxygens (including phenoxy) is 1. The van der Waals surface area contributed by atoms with Gasteiger partial charge in [0.15, 0.2) is 0 Å². The summed E-state index contributed by atoms with van der Waals surface area (Å²) in [6.07, 6.45) is 2.08. The van der Waals surface area contributed by atoms with Crippen LogP contribution >= 0.6 is 0 Å². The molecule has 1 heterocycles. The van der Waals surface area contributed by atoms with Crippen LogP contribution in [-0.4, -0.2) is 43.2 Å². The summed E-state index contributed by atoms with van der Waals surface area (Å²) in [5.41, 5.74) is 5.57. The van der Waals surface area contributed by atoms with E-state index in [1.54, 1.807) is 6.92 Å². The predicted molar refractivity (Wildman–Crippen MR) is 59.4 cm³/mol. The van der Waals surface area contributed by atoms with Gasteiger partial charge in [0.2, 0.25) is 5.91 Å². The van der Waals surface area contributed by atoms with Crippen molar-refractivity contribution in [3.8, 4) is 0 Å². The molecule has 1 fully saturated rings. The molecule has 0 unspecified atom stereocenters. The molecule has 0 aromatic carbocycles. The van der Waals surface area contributed by atoms with Crippen molar-refractivity contribution in [3.63, 3.8) is 0 Å². The van der Waals surface area contributed by atoms with Crippen LogP contribution in [0.4, 0.5) is 0 Å². The number of hydrogen-bond acceptors (Lipinski definition) is 3. The van der Waals surface area contributed by atoms with Crippen LogP contribution in [0.5, 0.6) is 0 Å². The van der Waals surface area contributed by atoms with Crippen molar-refractivity contribution in [2.75, 3.05) is 26.3 Å². The third kappa shape index (κ3) is 3.80. The smallest absolute Gasteiger partial charge is 0.239 e. The molecule has 4 nitrogen and oxygen atoms in total. The van der Waals surface area contributed by atoms with E-state index in [1.165, 1.54) is 0 Å². The lowest BCUT2D eigenvalue weighted by molar-refractivity contribution is -0.133. The second-order valence-corrected chi connectivity index (χ2v) is 4.22. The molecule has 1 aliphatic rings. The number of amides is 1. The van der Waals surface area contributed by atoms with Crippen molar-refractivity contribution < 1.29 is 9.53 Å². The molecular formula is C11H22N2O2. The average molecular weight is 214 g/mol. The van der Waals surface area contributed by atoms with E-state index in [9.17, 15) is 4.79 Å². The minimum atomic E-state index is -0.367. The molecule has 0 bridgehead atoms. The summed E-state index contributed by atoms with van der Waals surface area (Å²) in [4.78, 5) is 13.5. The fourth-order valence-corrected chi connectivity index (χ4v) is 1.89. The van der Waals surface area contributed by atoms with Gasteiger partial charge in [-0.25, -0.2) is 0 Å². The van der Waals surface area contributed by atoms with E-state index in [4.69, 9.17) is 10.5 Å². The highest BCUT2D eigenvalue weighted by Gasteiger charge is 2.24. The fourth-order valence-electron chi connectivity index (χ4n) is 1.89. The molecule has 0 aliphatic carbocycles. The maximum atomic E-state index is 11.6. The highest BCUT2D eigenvalue weighted by molar-refractivity contribution is 5.81. The molecule has 88 valence electrons. The first kappa shape index (κ1) is 12.5. The van der Waals surface area contributed by atoms with Gasteiger partial charge in [-0.2, -0.15) is 0 Å². The fraction of sp³-hybridized carbons (Fsp3) is 0.909. The molecule has 0 saturated carbocycles. The molecule has 0 spiro atoms. The molecule has 1 atom stereocenters. The SMILES string of the molecule is CCOCC1CCN(C(=O)[C@H](C)N)CC1. The number of carbonyl (C=O) groups excluding carboxylic acids is 1. The third-order valence-corrected chi connectivity index (χ3v) is 2.87. The van der Waals surface area contributed by atoms with Crippen LogP contribution in [0.25, 0.3) is 0 Å². The summed E-state index contributed by atoms with van der Waals surface area (Å²) in [7, 11) is 0. The summed E-state index contributed by atoms with van der Waals surface area (Å²) in [5, 5.41) is 0. The van der Waals surface area contributed by atoms with Crippen LogP contribution < -0.4 is 5.73 Å². The van der Waals surface area contributed by atoms with Crippen LogP contribution in [0.1, 0.15) is 26.7 Å². The van der Waals surface area contributed by atoms with E-state index >= 15 is 0 Å². The standard InChI is InChI=1S/C11H22N2O2/c1-3-15-8-10-4-6-13(7-5-10)11(14)9(2)12/h9-10H,3-8,12H2,1-2H3/t9-/m0/s1. The van der Waals surface area contributed by atoms with Crippen molar-refractivity contribution in [3.05, 3.63) is 0 Å². The van der Waals surface area contributed by atoms with E-state index in [-0.39, 0.29) is 11.9 Å². The lowest BCUT2D eigenvalue weighted by Crippen LogP contribution is -2.46. The van der Waals surface area contributed by atoms with Gasteiger partial charge in [0.05, 0.1) is 6.04 Å². The van der Waals surface area contributed by atoms with E-state index in [0.717, 1.165) is 39.1 Å². The first-order valence-corrected chi connectivity index (χ1v) is 5.77. The molecule has 0 aromatic rings. The Kier molecular flexibility index (Phi) is 5.05. The second kappa shape index (κ2) is 6.08. The quantitative estimate of drug-likeness (QED) is 0.746. The van der Waals surface area contributed by atoms with Crippen LogP contribution in [0.2, 0.25) is 0 Å². The zero-order valence-corrected chi connectivity index (χ0v) is 9.74. The highest BCUT2D eigenvalue weighted by Crippen LogP contribution is 2.17. The average Bonchev–Trinajstić information content (AvgIpc) is 2.26. The second-order valence-electron chi connectivity index (χ2n) is 4.22. The van der Waals surface area contributed by atoms with Gasteiger partial charge in [-0.3, -0.25) is 4.79 Å². The van der Waals surface area contributed by atoms with Gasteiger partial charge in [0, 0.05) is 26.3 Å². The van der Waals surface area contributed by atoms with Crippen LogP contribution in [0.3, 0.4) is 0 Å². The Morgan fingerprint density at radius 2 is 2.13 bits per heavy atom. The van der Waals surface area contributed by atoms with Crippen molar-refractivity contribution in [1.29, 1.82) is 0 Å². The summed E-state index contributed by atoms with van der Waals surface area (Å²) in [6, 6.07) is -0.367. The summed E-state index contributed by atoms with van der Waals surface area (Å²) in [6.45, 7) is 7.02.